The molecule has 1 aliphatic rings. The van der Waals surface area contributed by atoms with Gasteiger partial charge in [0.25, 0.3) is 0 Å². The van der Waals surface area contributed by atoms with Crippen molar-refractivity contribution in [2.24, 2.45) is 0 Å². The van der Waals surface area contributed by atoms with E-state index in [0.717, 1.165) is 0 Å². The van der Waals surface area contributed by atoms with Gasteiger partial charge in [-0.1, -0.05) is 0 Å². The van der Waals surface area contributed by atoms with Crippen LogP contribution in [0.5, 0.6) is 0 Å². The van der Waals surface area contributed by atoms with Gasteiger partial charge in [-0.15, -0.1) is 0 Å². The van der Waals surface area contributed by atoms with Gasteiger partial charge in [0.1, 0.15) is 0 Å². The van der Waals surface area contributed by atoms with E-state index >= 15 is 0 Å². The second-order valence-corrected chi connectivity index (χ2v) is 5.72. The van der Waals surface area contributed by atoms with Crippen LogP contribution in [0.25, 0.3) is 0 Å². The standard InChI is InChI=1S/C9H18IN/c1-8(2)6-5-7-9(3,4)11(8)10/h5-7H2,1-4H3. The number of hydrogen-bond acceptors (Lipinski definition) is 1. The molecule has 1 saturated heterocycles. The van der Waals surface area contributed by atoms with Crippen molar-refractivity contribution in [3.8, 4) is 0 Å². The Morgan fingerprint density at radius 2 is 1.36 bits per heavy atom. The van der Waals surface area contributed by atoms with Gasteiger partial charge in [0, 0.05) is 33.9 Å². The van der Waals surface area contributed by atoms with Crippen LogP contribution in [0.4, 0.5) is 0 Å². The summed E-state index contributed by atoms with van der Waals surface area (Å²) in [7, 11) is 0. The summed E-state index contributed by atoms with van der Waals surface area (Å²) < 4.78 is 2.49. The Bertz CT molecular complexity index is 136. The monoisotopic (exact) mass is 267 g/mol. The van der Waals surface area contributed by atoms with Crippen LogP contribution >= 0.6 is 22.9 Å². The molecule has 0 aliphatic carbocycles. The summed E-state index contributed by atoms with van der Waals surface area (Å²) in [6, 6.07) is 0. The molecule has 0 aromatic rings. The second kappa shape index (κ2) is 2.87. The Labute approximate surface area is 84.0 Å². The van der Waals surface area contributed by atoms with Crippen molar-refractivity contribution in [2.75, 3.05) is 0 Å². The first-order valence-corrected chi connectivity index (χ1v) is 5.29. The van der Waals surface area contributed by atoms with E-state index in [9.17, 15) is 0 Å². The van der Waals surface area contributed by atoms with Crippen molar-refractivity contribution in [3.05, 3.63) is 0 Å². The Kier molecular flexibility index (Phi) is 2.55. The van der Waals surface area contributed by atoms with Gasteiger partial charge in [-0.05, 0) is 47.0 Å². The molecule has 2 heteroatoms. The summed E-state index contributed by atoms with van der Waals surface area (Å²) in [6.45, 7) is 9.33. The highest BCUT2D eigenvalue weighted by atomic mass is 127. The zero-order chi connectivity index (χ0) is 8.70. The fraction of sp³-hybridized carbons (Fsp3) is 1.00. The number of piperidine rings is 1. The molecule has 1 nitrogen and oxygen atoms in total. The van der Waals surface area contributed by atoms with E-state index in [4.69, 9.17) is 0 Å². The molecule has 0 saturated carbocycles. The Morgan fingerprint density at radius 1 is 1.00 bits per heavy atom. The summed E-state index contributed by atoms with van der Waals surface area (Å²) in [6.07, 6.45) is 4.04. The molecule has 1 heterocycles. The molecule has 0 aromatic carbocycles. The average Bonchev–Trinajstić information content (AvgIpc) is 1.82. The topological polar surface area (TPSA) is 3.24 Å². The Balaban J connectivity index is 2.76. The molecule has 0 radical (unpaired) electrons. The van der Waals surface area contributed by atoms with E-state index in [1.54, 1.807) is 0 Å². The number of hydrogen-bond donors (Lipinski definition) is 0. The first kappa shape index (κ1) is 9.78. The minimum Gasteiger partial charge on any atom is -0.236 e. The van der Waals surface area contributed by atoms with E-state index < -0.39 is 0 Å². The lowest BCUT2D eigenvalue weighted by Gasteiger charge is -2.49. The largest absolute Gasteiger partial charge is 0.236 e. The molecule has 66 valence electrons. The van der Waals surface area contributed by atoms with Gasteiger partial charge in [0.05, 0.1) is 0 Å². The first-order chi connectivity index (χ1) is 4.86. The van der Waals surface area contributed by atoms with E-state index in [2.05, 4.69) is 53.7 Å². The fourth-order valence-corrected chi connectivity index (χ4v) is 2.45. The third kappa shape index (κ3) is 1.89. The van der Waals surface area contributed by atoms with E-state index in [-0.39, 0.29) is 0 Å². The van der Waals surface area contributed by atoms with Gasteiger partial charge in [0.2, 0.25) is 0 Å². The highest BCUT2D eigenvalue weighted by molar-refractivity contribution is 14.1. The van der Waals surface area contributed by atoms with Crippen molar-refractivity contribution in [1.82, 2.24) is 3.11 Å². The molecular formula is C9H18IN. The molecule has 1 aliphatic heterocycles. The van der Waals surface area contributed by atoms with Crippen molar-refractivity contribution in [2.45, 2.75) is 58.0 Å². The van der Waals surface area contributed by atoms with Crippen molar-refractivity contribution < 1.29 is 0 Å². The van der Waals surface area contributed by atoms with E-state index in [0.29, 0.717) is 11.1 Å². The molecule has 0 amide bonds. The minimum atomic E-state index is 0.391. The summed E-state index contributed by atoms with van der Waals surface area (Å²) in [5.74, 6) is 0. The minimum absolute atomic E-state index is 0.391. The number of nitrogens with zero attached hydrogens (tertiary/aromatic N) is 1. The van der Waals surface area contributed by atoms with Crippen LogP contribution in [0.3, 0.4) is 0 Å². The van der Waals surface area contributed by atoms with Crippen LogP contribution in [-0.4, -0.2) is 14.2 Å². The summed E-state index contributed by atoms with van der Waals surface area (Å²) in [5.41, 5.74) is 0.782. The zero-order valence-electron chi connectivity index (χ0n) is 7.95. The van der Waals surface area contributed by atoms with Gasteiger partial charge < -0.3 is 0 Å². The molecule has 1 rings (SSSR count). The van der Waals surface area contributed by atoms with Crippen molar-refractivity contribution in [3.63, 3.8) is 0 Å². The average molecular weight is 267 g/mol. The lowest BCUT2D eigenvalue weighted by Crippen LogP contribution is -2.52. The normalized spacial score (nSPS) is 30.3. The quantitative estimate of drug-likeness (QED) is 0.480. The van der Waals surface area contributed by atoms with Crippen LogP contribution in [0.15, 0.2) is 0 Å². The first-order valence-electron chi connectivity index (χ1n) is 4.32. The summed E-state index contributed by atoms with van der Waals surface area (Å²) in [5, 5.41) is 0. The van der Waals surface area contributed by atoms with E-state index in [1.807, 2.05) is 0 Å². The molecule has 11 heavy (non-hydrogen) atoms. The predicted molar refractivity (Wildman–Crippen MR) is 57.9 cm³/mol. The smallest absolute Gasteiger partial charge is 0.0254 e. The van der Waals surface area contributed by atoms with Crippen LogP contribution in [0, 0.1) is 0 Å². The Morgan fingerprint density at radius 3 is 1.64 bits per heavy atom. The summed E-state index contributed by atoms with van der Waals surface area (Å²) in [4.78, 5) is 0. The van der Waals surface area contributed by atoms with E-state index in [1.165, 1.54) is 19.3 Å². The lowest BCUT2D eigenvalue weighted by molar-refractivity contribution is 0.0873. The van der Waals surface area contributed by atoms with Crippen LogP contribution < -0.4 is 0 Å². The van der Waals surface area contributed by atoms with Crippen LogP contribution in [0.2, 0.25) is 0 Å². The molecule has 0 unspecified atom stereocenters. The van der Waals surface area contributed by atoms with Gasteiger partial charge >= 0.3 is 0 Å². The number of halogens is 1. The van der Waals surface area contributed by atoms with Crippen molar-refractivity contribution >= 4 is 22.9 Å². The van der Waals surface area contributed by atoms with Gasteiger partial charge in [-0.25, -0.2) is 3.11 Å². The molecule has 0 aromatic heterocycles. The predicted octanol–water partition coefficient (Wildman–Crippen LogP) is 3.38. The van der Waals surface area contributed by atoms with Crippen LogP contribution in [-0.2, 0) is 0 Å². The molecule has 0 spiro atoms. The lowest BCUT2D eigenvalue weighted by atomic mass is 9.83. The second-order valence-electron chi connectivity index (χ2n) is 4.76. The third-order valence-corrected chi connectivity index (χ3v) is 5.25. The highest BCUT2D eigenvalue weighted by Crippen LogP contribution is 2.40. The number of rotatable bonds is 0. The van der Waals surface area contributed by atoms with Gasteiger partial charge in [0.15, 0.2) is 0 Å². The molecule has 0 atom stereocenters. The fourth-order valence-electron chi connectivity index (χ4n) is 1.97. The summed E-state index contributed by atoms with van der Waals surface area (Å²) >= 11 is 2.48. The maximum atomic E-state index is 2.49. The maximum absolute atomic E-state index is 2.49. The molecule has 1 fully saturated rings. The zero-order valence-corrected chi connectivity index (χ0v) is 10.1. The van der Waals surface area contributed by atoms with Gasteiger partial charge in [-0.2, -0.15) is 0 Å². The third-order valence-electron chi connectivity index (χ3n) is 2.64. The Hall–Kier alpha value is 0.690. The highest BCUT2D eigenvalue weighted by Gasteiger charge is 2.39. The SMILES string of the molecule is CC1(C)CCCC(C)(C)N1I. The van der Waals surface area contributed by atoms with Gasteiger partial charge in [-0.3, -0.25) is 0 Å². The molecular weight excluding hydrogens is 249 g/mol. The molecule has 0 bridgehead atoms. The molecule has 0 N–H and O–H groups in total. The van der Waals surface area contributed by atoms with Crippen LogP contribution in [0.1, 0.15) is 47.0 Å². The maximum Gasteiger partial charge on any atom is 0.0254 e. The van der Waals surface area contributed by atoms with Crippen molar-refractivity contribution in [1.29, 1.82) is 0 Å².